The van der Waals surface area contributed by atoms with Crippen LogP contribution in [0.4, 0.5) is 0 Å². The van der Waals surface area contributed by atoms with Crippen molar-refractivity contribution in [2.45, 2.75) is 242 Å². The van der Waals surface area contributed by atoms with Gasteiger partial charge in [0.2, 0.25) is 0 Å². The quantitative estimate of drug-likeness (QED) is 0.0205. The number of esters is 2. The molecule has 9 atom stereocenters. The van der Waals surface area contributed by atoms with E-state index in [0.29, 0.717) is 33.5 Å². The van der Waals surface area contributed by atoms with E-state index in [-0.39, 0.29) is 19.3 Å². The van der Waals surface area contributed by atoms with Crippen LogP contribution in [-0.4, -0.2) is 57.7 Å². The third-order valence-electron chi connectivity index (χ3n) is 18.7. The van der Waals surface area contributed by atoms with E-state index < -0.39 is 17.9 Å². The van der Waals surface area contributed by atoms with Gasteiger partial charge < -0.3 is 29.9 Å². The fourth-order valence-electron chi connectivity index (χ4n) is 13.8. The fourth-order valence-corrected chi connectivity index (χ4v) is 13.8. The Morgan fingerprint density at radius 2 is 1.02 bits per heavy atom. The molecular formula is C77H120O9. The van der Waals surface area contributed by atoms with E-state index in [1.165, 1.54) is 134 Å². The van der Waals surface area contributed by atoms with Gasteiger partial charge in [-0.25, -0.2) is 14.4 Å². The summed E-state index contributed by atoms with van der Waals surface area (Å²) in [5.41, 5.74) is 3.74. The molecule has 0 aliphatic heterocycles. The van der Waals surface area contributed by atoms with Gasteiger partial charge in [-0.1, -0.05) is 218 Å². The minimum absolute atomic E-state index is 0.00830. The molecule has 0 saturated heterocycles. The number of aliphatic carboxylic acids is 1. The zero-order valence-electron chi connectivity index (χ0n) is 55.6. The largest absolute Gasteiger partial charge is 0.478 e. The van der Waals surface area contributed by atoms with Gasteiger partial charge in [0.05, 0.1) is 19.3 Å². The molecule has 4 saturated carbocycles. The lowest BCUT2D eigenvalue weighted by Gasteiger charge is -2.61. The lowest BCUT2D eigenvalue weighted by atomic mass is 9.44. The van der Waals surface area contributed by atoms with Crippen molar-refractivity contribution < 1.29 is 44.3 Å². The molecule has 0 amide bonds. The van der Waals surface area contributed by atoms with Gasteiger partial charge in [-0.05, 0) is 198 Å². The zero-order chi connectivity index (χ0) is 63.8. The Balaban J connectivity index is 0.000000392. The number of hydrogen-bond acceptors (Lipinski definition) is 8. The monoisotopic (exact) mass is 1190 g/mol. The summed E-state index contributed by atoms with van der Waals surface area (Å²) in [4.78, 5) is 32.9. The van der Waals surface area contributed by atoms with Crippen LogP contribution in [0.5, 0.6) is 11.5 Å². The van der Waals surface area contributed by atoms with Crippen LogP contribution in [-0.2, 0) is 14.4 Å². The summed E-state index contributed by atoms with van der Waals surface area (Å²) in [5.74, 6) is 5.65. The van der Waals surface area contributed by atoms with Gasteiger partial charge in [0, 0.05) is 17.2 Å². The number of ether oxygens (including phenoxy) is 2. The van der Waals surface area contributed by atoms with Gasteiger partial charge in [-0.15, -0.1) is 0 Å². The Hall–Kier alpha value is -5.09. The molecule has 9 nitrogen and oxygen atoms in total. The van der Waals surface area contributed by atoms with E-state index >= 15 is 0 Å². The summed E-state index contributed by atoms with van der Waals surface area (Å²) < 4.78 is 10.3. The molecule has 482 valence electrons. The molecule has 0 aromatic heterocycles. The first kappa shape index (κ1) is 77.0. The van der Waals surface area contributed by atoms with Crippen LogP contribution in [0.3, 0.4) is 0 Å². The molecule has 4 aliphatic rings. The first-order chi connectivity index (χ1) is 41.2. The van der Waals surface area contributed by atoms with Crippen molar-refractivity contribution in [3.8, 4) is 22.6 Å². The average molecular weight is 1190 g/mol. The van der Waals surface area contributed by atoms with E-state index in [4.69, 9.17) is 24.8 Å². The number of hydrogen-bond donors (Lipinski definition) is 4. The molecule has 6 rings (SSSR count). The highest BCUT2D eigenvalue weighted by molar-refractivity contribution is 5.89. The van der Waals surface area contributed by atoms with Gasteiger partial charge in [0.25, 0.3) is 0 Å². The van der Waals surface area contributed by atoms with Gasteiger partial charge in [0.15, 0.2) is 0 Å². The van der Waals surface area contributed by atoms with Crippen LogP contribution in [0.1, 0.15) is 236 Å². The van der Waals surface area contributed by atoms with Crippen LogP contribution in [0.25, 0.3) is 11.1 Å². The van der Waals surface area contributed by atoms with Crippen LogP contribution in [0.15, 0.2) is 134 Å². The molecule has 4 N–H and O–H groups in total. The standard InChI is InChI=1S/C27H48O.C20H18O4.C11H20O.C10H18O.C9H16O2/c1-18(2)7-6-8-19(3)23-11-12-24-22-10-9-20-17-21(28)13-15-26(20,4)25(22)14-16-27(23,24)5;1-13(2)19(21)23-17-9-5-15(6-10-17)16-7-11-18(12-8-16)24-20(22)14(3)4;1-2-3-4-5-6-7-8-9-10-11-12;1-2-3-4-5-6-7-8-9-10-11;1-2-3-4-5-6-7-8-9(10)11/h18-25,28H,6-17H2,1-5H3;5-12H,1,3H2,2,4H3;7-10,12H,2-6,11H2,1H3;6-9,11H,2-5,10H2,1H3;7-8H,2-6H2,1H3,(H,10,11)/b;;8-7+,10-9+;7-6+,9-8+;8-7+. The Kier molecular flexibility index (Phi) is 39.7. The Morgan fingerprint density at radius 3 is 1.49 bits per heavy atom. The minimum Gasteiger partial charge on any atom is -0.478 e. The maximum Gasteiger partial charge on any atom is 0.338 e. The second-order valence-electron chi connectivity index (χ2n) is 26.0. The van der Waals surface area contributed by atoms with Crippen LogP contribution >= 0.6 is 0 Å². The number of rotatable bonds is 29. The molecule has 0 spiro atoms. The van der Waals surface area contributed by atoms with Crippen molar-refractivity contribution >= 4 is 17.9 Å². The summed E-state index contributed by atoms with van der Waals surface area (Å²) in [7, 11) is 0. The smallest absolute Gasteiger partial charge is 0.338 e. The molecule has 2 aromatic rings. The van der Waals surface area contributed by atoms with Crippen molar-refractivity contribution in [1.82, 2.24) is 0 Å². The van der Waals surface area contributed by atoms with Crippen LogP contribution < -0.4 is 9.47 Å². The van der Waals surface area contributed by atoms with Gasteiger partial charge in [-0.2, -0.15) is 0 Å². The number of carboxylic acids is 1. The Labute approximate surface area is 523 Å². The third kappa shape index (κ3) is 29.3. The van der Waals surface area contributed by atoms with E-state index in [9.17, 15) is 19.5 Å². The number of unbranched alkanes of at least 4 members (excludes halogenated alkanes) is 11. The summed E-state index contributed by atoms with van der Waals surface area (Å²) >= 11 is 0. The van der Waals surface area contributed by atoms with Crippen molar-refractivity contribution in [2.24, 2.45) is 52.3 Å². The molecule has 0 radical (unpaired) electrons. The fraction of sp³-hybridized carbons (Fsp3) is 0.623. The number of carboxylic acid groups (broad SMARTS) is 1. The zero-order valence-corrected chi connectivity index (χ0v) is 55.6. The normalized spacial score (nSPS) is 23.4. The Morgan fingerprint density at radius 1 is 0.570 bits per heavy atom. The number of carbonyl (C=O) groups is 3. The number of allylic oxidation sites excluding steroid dienone is 7. The third-order valence-corrected chi connectivity index (χ3v) is 18.7. The number of aliphatic hydroxyl groups is 3. The molecule has 4 fully saturated rings. The van der Waals surface area contributed by atoms with Crippen molar-refractivity contribution in [1.29, 1.82) is 0 Å². The second kappa shape index (κ2) is 44.4. The summed E-state index contributed by atoms with van der Waals surface area (Å²) in [5, 5.41) is 35.3. The van der Waals surface area contributed by atoms with E-state index in [2.05, 4.69) is 80.7 Å². The summed E-state index contributed by atoms with van der Waals surface area (Å²) in [6.45, 7) is 29.8. The van der Waals surface area contributed by atoms with Crippen LogP contribution in [0.2, 0.25) is 0 Å². The lowest BCUT2D eigenvalue weighted by molar-refractivity contribution is -0.132. The first-order valence-corrected chi connectivity index (χ1v) is 33.6. The lowest BCUT2D eigenvalue weighted by Crippen LogP contribution is -2.54. The number of aliphatic hydroxyl groups excluding tert-OH is 3. The topological polar surface area (TPSA) is 151 Å². The van der Waals surface area contributed by atoms with Crippen molar-refractivity contribution in [3.05, 3.63) is 134 Å². The summed E-state index contributed by atoms with van der Waals surface area (Å²) in [6.07, 6.45) is 52.2. The highest BCUT2D eigenvalue weighted by atomic mass is 16.5. The van der Waals surface area contributed by atoms with Gasteiger partial charge >= 0.3 is 17.9 Å². The van der Waals surface area contributed by atoms with Crippen LogP contribution in [0, 0.1) is 52.3 Å². The molecule has 9 heteroatoms. The SMILES string of the molecule is C=C(C)C(=O)Oc1ccc(-c2ccc(OC(=O)C(=C)C)cc2)cc1.CC(C)CCCC(C)C1CCC2C3CCC4CC(O)CCC4(C)C3CCC12C.CCCCC/C=C/C=C/CO.CCCCCC/C=C/C(=O)O.CCCCCC/C=C/C=C/CO. The predicted octanol–water partition coefficient (Wildman–Crippen LogP) is 20.1. The van der Waals surface area contributed by atoms with Gasteiger partial charge in [0.1, 0.15) is 11.5 Å². The van der Waals surface area contributed by atoms with Gasteiger partial charge in [-0.3, -0.25) is 0 Å². The maximum absolute atomic E-state index is 11.5. The molecule has 0 heterocycles. The molecule has 9 unspecified atom stereocenters. The van der Waals surface area contributed by atoms with Crippen molar-refractivity contribution in [2.75, 3.05) is 13.2 Å². The maximum atomic E-state index is 11.5. The average Bonchev–Trinajstić information content (AvgIpc) is 1.41. The number of carbonyl (C=O) groups excluding carboxylic acids is 2. The summed E-state index contributed by atoms with van der Waals surface area (Å²) in [6, 6.07) is 14.2. The van der Waals surface area contributed by atoms with E-state index in [1.807, 2.05) is 48.6 Å². The molecule has 4 aliphatic carbocycles. The van der Waals surface area contributed by atoms with Crippen molar-refractivity contribution in [3.63, 3.8) is 0 Å². The highest BCUT2D eigenvalue weighted by Crippen LogP contribution is 2.68. The minimum atomic E-state index is -0.847. The molecule has 0 bridgehead atoms. The van der Waals surface area contributed by atoms with E-state index in [1.54, 1.807) is 56.3 Å². The molecular weight excluding hydrogens is 1070 g/mol. The first-order valence-electron chi connectivity index (χ1n) is 33.6. The number of benzene rings is 2. The molecule has 2 aromatic carbocycles. The Bertz CT molecular complexity index is 2290. The highest BCUT2D eigenvalue weighted by Gasteiger charge is 2.60. The second-order valence-corrected chi connectivity index (χ2v) is 26.0. The molecule has 86 heavy (non-hydrogen) atoms. The van der Waals surface area contributed by atoms with E-state index in [0.717, 1.165) is 91.1 Å². The number of fused-ring (bicyclic) bond motifs is 5. The predicted molar refractivity (Wildman–Crippen MR) is 361 cm³/mol.